The molecule has 0 aliphatic rings. The van der Waals surface area contributed by atoms with Crippen LogP contribution in [0.3, 0.4) is 0 Å². The van der Waals surface area contributed by atoms with Gasteiger partial charge in [0.25, 0.3) is 0 Å². The van der Waals surface area contributed by atoms with Crippen LogP contribution in [0.1, 0.15) is 45.7 Å². The fraction of sp³-hybridized carbons (Fsp3) is 0.208. The summed E-state index contributed by atoms with van der Waals surface area (Å²) in [4.78, 5) is 9.89. The summed E-state index contributed by atoms with van der Waals surface area (Å²) in [5.41, 5.74) is 11.6. The largest absolute Gasteiger partial charge is 0.333 e. The first kappa shape index (κ1) is 42.2. The van der Waals surface area contributed by atoms with E-state index in [9.17, 15) is 0 Å². The summed E-state index contributed by atoms with van der Waals surface area (Å²) in [6, 6.07) is 52.7. The summed E-state index contributed by atoms with van der Waals surface area (Å²) >= 11 is 1.67. The van der Waals surface area contributed by atoms with Gasteiger partial charge in [-0.05, 0) is 80.4 Å². The quantitative estimate of drug-likeness (QED) is 0.118. The Bertz CT molecular complexity index is 2860. The van der Waals surface area contributed by atoms with Gasteiger partial charge in [0.15, 0.2) is 0 Å². The monoisotopic (exact) mass is 982 g/mol. The molecule has 9 rings (SSSR count). The molecule has 0 amide bonds. The van der Waals surface area contributed by atoms with Crippen molar-refractivity contribution < 1.29 is 20.1 Å². The summed E-state index contributed by atoms with van der Waals surface area (Å²) in [5.74, 6) is 1.60. The second kappa shape index (κ2) is 17.3. The smallest absolute Gasteiger partial charge is 0.0798 e. The zero-order chi connectivity index (χ0) is 40.6. The molecule has 1 radical (unpaired) electrons. The third kappa shape index (κ3) is 8.98. The Morgan fingerprint density at radius 2 is 1.44 bits per heavy atom. The van der Waals surface area contributed by atoms with Crippen LogP contribution in [0.2, 0.25) is 19.6 Å². The van der Waals surface area contributed by atoms with E-state index >= 15 is 0 Å². The van der Waals surface area contributed by atoms with E-state index in [-0.39, 0.29) is 25.5 Å². The van der Waals surface area contributed by atoms with E-state index in [0.29, 0.717) is 5.92 Å². The number of thiophene rings is 1. The van der Waals surface area contributed by atoms with Gasteiger partial charge in [-0.25, -0.2) is 0 Å². The van der Waals surface area contributed by atoms with Gasteiger partial charge in [0.05, 0.1) is 24.9 Å². The first-order valence-electron chi connectivity index (χ1n) is 20.3. The van der Waals surface area contributed by atoms with Gasteiger partial charge in [-0.3, -0.25) is 16.3 Å². The molecule has 0 N–H and O–H groups in total. The predicted octanol–water partition coefficient (Wildman–Crippen LogP) is 14.1. The van der Waals surface area contributed by atoms with Crippen LogP contribution in [0.15, 0.2) is 146 Å². The van der Waals surface area contributed by atoms with Crippen LogP contribution in [0.5, 0.6) is 0 Å². The van der Waals surface area contributed by atoms with E-state index in [0.717, 1.165) is 45.8 Å². The molecular weight excluding hydrogens is 931 g/mol. The molecule has 0 spiro atoms. The molecule has 0 fully saturated rings. The van der Waals surface area contributed by atoms with Crippen LogP contribution < -0.4 is 5.19 Å². The van der Waals surface area contributed by atoms with E-state index in [4.69, 9.17) is 4.98 Å². The van der Waals surface area contributed by atoms with E-state index in [1.54, 1.807) is 11.3 Å². The molecule has 0 atom stereocenters. The van der Waals surface area contributed by atoms with Gasteiger partial charge in [0.2, 0.25) is 0 Å². The van der Waals surface area contributed by atoms with Gasteiger partial charge in [-0.1, -0.05) is 166 Å². The first-order valence-corrected chi connectivity index (χ1v) is 24.6. The van der Waals surface area contributed by atoms with Crippen molar-refractivity contribution in [3.8, 4) is 39.5 Å². The molecule has 299 valence electrons. The number of hydrogen-bond acceptors (Lipinski definition) is 3. The fourth-order valence-electron chi connectivity index (χ4n) is 7.89. The number of benzene rings is 6. The van der Waals surface area contributed by atoms with Gasteiger partial charge in [-0.15, -0.1) is 41.3 Å². The van der Waals surface area contributed by atoms with Gasteiger partial charge in [-0.2, -0.15) is 0 Å². The molecule has 6 heteroatoms. The first-order chi connectivity index (χ1) is 27.8. The zero-order valence-corrected chi connectivity index (χ0v) is 39.4. The molecule has 3 aromatic heterocycles. The summed E-state index contributed by atoms with van der Waals surface area (Å²) in [7, 11) is -1.34. The van der Waals surface area contributed by atoms with Crippen molar-refractivity contribution in [2.75, 3.05) is 0 Å². The third-order valence-corrected chi connectivity index (χ3v) is 13.7. The Kier molecular flexibility index (Phi) is 12.4. The number of para-hydroxylation sites is 2. The number of nitrogens with zero attached hydrogens (tertiary/aromatic N) is 3. The van der Waals surface area contributed by atoms with Crippen LogP contribution in [-0.2, 0) is 31.9 Å². The van der Waals surface area contributed by atoms with Gasteiger partial charge in [0.1, 0.15) is 0 Å². The number of rotatable bonds is 7. The maximum Gasteiger partial charge on any atom is 0.0798 e. The summed E-state index contributed by atoms with van der Waals surface area (Å²) in [5, 5.41) is 8.81. The summed E-state index contributed by atoms with van der Waals surface area (Å²) in [6.45, 7) is 18.6. The van der Waals surface area contributed by atoms with Crippen molar-refractivity contribution in [3.05, 3.63) is 168 Å². The normalized spacial score (nSPS) is 11.8. The zero-order valence-electron chi connectivity index (χ0n) is 35.2. The van der Waals surface area contributed by atoms with Gasteiger partial charge >= 0.3 is 0 Å². The van der Waals surface area contributed by atoms with Gasteiger partial charge in [0, 0.05) is 32.0 Å². The van der Waals surface area contributed by atoms with Gasteiger partial charge < -0.3 is 9.55 Å². The minimum Gasteiger partial charge on any atom is -0.333 e. The Hall–Kier alpha value is -4.97. The molecule has 0 saturated carbocycles. The van der Waals surface area contributed by atoms with Crippen molar-refractivity contribution in [2.45, 2.75) is 66.1 Å². The topological polar surface area (TPSA) is 30.7 Å². The van der Waals surface area contributed by atoms with E-state index in [2.05, 4.69) is 203 Å². The van der Waals surface area contributed by atoms with E-state index < -0.39 is 8.07 Å². The maximum atomic E-state index is 5.20. The Morgan fingerprint density at radius 1 is 0.746 bits per heavy atom. The van der Waals surface area contributed by atoms with Crippen molar-refractivity contribution in [2.24, 2.45) is 5.92 Å². The van der Waals surface area contributed by atoms with Crippen LogP contribution >= 0.6 is 11.3 Å². The van der Waals surface area contributed by atoms with Crippen LogP contribution in [0, 0.1) is 17.4 Å². The standard InChI is InChI=1S/C35H27N2S.C18H24NSi.Ir/c1-35(2,3)29-20-26(23-11-5-4-6-12-23)17-18-31(29)37-32-16-10-9-15-30(32)36-34(37)28-22-38-33-21-25-14-8-7-13-24(25)19-27(28)33;1-14(2)11-16-12-17(15-9-7-6-8-10-15)19-13-18(16)20(3,4)5;/h4-21H,1-3H3;6-9,12-14H,11H2,1-5H3;/q2*-1;. The Labute approximate surface area is 368 Å². The van der Waals surface area contributed by atoms with Crippen molar-refractivity contribution in [1.82, 2.24) is 14.5 Å². The molecule has 6 aromatic carbocycles. The molecule has 0 unspecified atom stereocenters. The second-order valence-electron chi connectivity index (χ2n) is 17.7. The molecule has 59 heavy (non-hydrogen) atoms. The third-order valence-electron chi connectivity index (χ3n) is 10.7. The molecule has 3 heterocycles. The van der Waals surface area contributed by atoms with Crippen molar-refractivity contribution in [3.63, 3.8) is 0 Å². The van der Waals surface area contributed by atoms with Crippen LogP contribution in [0.25, 0.3) is 71.4 Å². The molecular formula is C53H51IrN3SSi-2. The van der Waals surface area contributed by atoms with Crippen LogP contribution in [0.4, 0.5) is 0 Å². The number of hydrogen-bond donors (Lipinski definition) is 0. The average molecular weight is 982 g/mol. The van der Waals surface area contributed by atoms with E-state index in [1.807, 2.05) is 18.2 Å². The number of fused-ring (bicyclic) bond motifs is 3. The molecule has 3 nitrogen and oxygen atoms in total. The Morgan fingerprint density at radius 3 is 2.14 bits per heavy atom. The molecule has 9 aromatic rings. The minimum absolute atomic E-state index is 0. The fourth-order valence-corrected chi connectivity index (χ4v) is 10.3. The Balaban J connectivity index is 0.000000214. The molecule has 0 aliphatic carbocycles. The van der Waals surface area contributed by atoms with E-state index in [1.165, 1.54) is 48.3 Å². The summed E-state index contributed by atoms with van der Waals surface area (Å²) in [6.07, 6.45) is 3.24. The second-order valence-corrected chi connectivity index (χ2v) is 23.6. The molecule has 0 aliphatic heterocycles. The van der Waals surface area contributed by atoms with Crippen LogP contribution in [-0.4, -0.2) is 22.6 Å². The average Bonchev–Trinajstić information content (AvgIpc) is 3.80. The summed E-state index contributed by atoms with van der Waals surface area (Å²) < 4.78 is 3.57. The maximum absolute atomic E-state index is 5.20. The predicted molar refractivity (Wildman–Crippen MR) is 252 cm³/mol. The van der Waals surface area contributed by atoms with Crippen molar-refractivity contribution >= 4 is 56.5 Å². The molecule has 0 bridgehead atoms. The van der Waals surface area contributed by atoms with Crippen molar-refractivity contribution in [1.29, 1.82) is 0 Å². The molecule has 0 saturated heterocycles. The number of pyridine rings is 1. The SMILES string of the molecule is CC(C)(C)c1cc(-c2ccccc2)ccc1-n1c(-c2[c-]sc3cc4ccccc4cc23)nc2ccccc21.CC(C)Cc1cc(-c2[c-]cccc2)ncc1[Si](C)(C)C.[Ir]. The number of aromatic nitrogens is 3. The number of imidazole rings is 1. The minimum atomic E-state index is -1.34.